The van der Waals surface area contributed by atoms with Crippen LogP contribution in [0.3, 0.4) is 0 Å². The van der Waals surface area contributed by atoms with Crippen LogP contribution in [0.25, 0.3) is 0 Å². The summed E-state index contributed by atoms with van der Waals surface area (Å²) >= 11 is 0. The van der Waals surface area contributed by atoms with Crippen LogP contribution in [0.1, 0.15) is 99.5 Å². The van der Waals surface area contributed by atoms with Gasteiger partial charge in [-0.25, -0.2) is 4.79 Å². The van der Waals surface area contributed by atoms with Gasteiger partial charge in [0, 0.05) is 17.4 Å². The first-order valence-corrected chi connectivity index (χ1v) is 11.5. The van der Waals surface area contributed by atoms with Gasteiger partial charge in [-0.05, 0) is 55.9 Å². The molecule has 0 amide bonds. The molecule has 0 radical (unpaired) electrons. The van der Waals surface area contributed by atoms with E-state index in [4.69, 9.17) is 4.42 Å². The Morgan fingerprint density at radius 3 is 2.52 bits per heavy atom. The summed E-state index contributed by atoms with van der Waals surface area (Å²) < 4.78 is 6.06. The van der Waals surface area contributed by atoms with Crippen molar-refractivity contribution in [3.8, 4) is 5.75 Å². The fraction of sp³-hybridized carbons (Fsp3) is 0.577. The maximum absolute atomic E-state index is 13.2. The second kappa shape index (κ2) is 8.77. The summed E-state index contributed by atoms with van der Waals surface area (Å²) in [5.74, 6) is 2.25. The summed E-state index contributed by atoms with van der Waals surface area (Å²) in [5, 5.41) is 11.4. The molecule has 2 aromatic rings. The highest BCUT2D eigenvalue weighted by Crippen LogP contribution is 2.49. The Morgan fingerprint density at radius 1 is 1.07 bits per heavy atom. The Kier molecular flexibility index (Phi) is 6.12. The van der Waals surface area contributed by atoms with Crippen molar-refractivity contribution in [2.45, 2.75) is 83.5 Å². The van der Waals surface area contributed by atoms with E-state index in [0.29, 0.717) is 17.4 Å². The fourth-order valence-electron chi connectivity index (χ4n) is 5.01. The molecular weight excluding hydrogens is 360 g/mol. The first-order chi connectivity index (χ1) is 14.1. The molecule has 2 atom stereocenters. The Labute approximate surface area is 174 Å². The Hall–Kier alpha value is -2.03. The van der Waals surface area contributed by atoms with Crippen LogP contribution < -0.4 is 5.63 Å². The van der Waals surface area contributed by atoms with Gasteiger partial charge in [0.25, 0.3) is 0 Å². The van der Waals surface area contributed by atoms with E-state index in [0.717, 1.165) is 61.8 Å². The number of aromatic hydroxyl groups is 1. The van der Waals surface area contributed by atoms with Gasteiger partial charge >= 0.3 is 5.63 Å². The van der Waals surface area contributed by atoms with E-state index in [-0.39, 0.29) is 23.2 Å². The molecule has 29 heavy (non-hydrogen) atoms. The van der Waals surface area contributed by atoms with Gasteiger partial charge in [-0.15, -0.1) is 0 Å². The maximum Gasteiger partial charge on any atom is 0.343 e. The Morgan fingerprint density at radius 2 is 1.83 bits per heavy atom. The highest BCUT2D eigenvalue weighted by Gasteiger charge is 2.39. The fourth-order valence-corrected chi connectivity index (χ4v) is 5.01. The second-order valence-electron chi connectivity index (χ2n) is 9.49. The molecule has 0 spiro atoms. The molecule has 0 bridgehead atoms. The summed E-state index contributed by atoms with van der Waals surface area (Å²) in [5.41, 5.74) is 2.20. The Balaban J connectivity index is 1.79. The SMILES string of the molecule is CC(C)CCC1CCCCCc2c1oc(=O)c(C(c1ccccc1)C1CC1)c2O. The summed E-state index contributed by atoms with van der Waals surface area (Å²) in [7, 11) is 0. The lowest BCUT2D eigenvalue weighted by Gasteiger charge is -2.25. The number of benzene rings is 1. The topological polar surface area (TPSA) is 50.4 Å². The highest BCUT2D eigenvalue weighted by molar-refractivity contribution is 5.47. The molecule has 0 saturated heterocycles. The molecule has 1 heterocycles. The number of rotatable bonds is 6. The molecular formula is C26H34O3. The van der Waals surface area contributed by atoms with Crippen molar-refractivity contribution in [1.29, 1.82) is 0 Å². The van der Waals surface area contributed by atoms with Gasteiger partial charge in [0.05, 0.1) is 5.56 Å². The van der Waals surface area contributed by atoms with Gasteiger partial charge < -0.3 is 9.52 Å². The minimum absolute atomic E-state index is 0.0581. The van der Waals surface area contributed by atoms with Crippen LogP contribution in [0.2, 0.25) is 0 Å². The lowest BCUT2D eigenvalue weighted by atomic mass is 9.82. The van der Waals surface area contributed by atoms with Crippen LogP contribution in [0.15, 0.2) is 39.5 Å². The normalized spacial score (nSPS) is 20.7. The van der Waals surface area contributed by atoms with E-state index in [1.54, 1.807) is 0 Å². The molecule has 1 aromatic carbocycles. The molecule has 2 aliphatic carbocycles. The third-order valence-electron chi connectivity index (χ3n) is 6.77. The summed E-state index contributed by atoms with van der Waals surface area (Å²) in [6.07, 6.45) is 9.60. The largest absolute Gasteiger partial charge is 0.507 e. The third kappa shape index (κ3) is 4.44. The molecule has 4 rings (SSSR count). The van der Waals surface area contributed by atoms with Gasteiger partial charge in [-0.1, -0.05) is 63.4 Å². The smallest absolute Gasteiger partial charge is 0.343 e. The third-order valence-corrected chi connectivity index (χ3v) is 6.77. The molecule has 1 aromatic heterocycles. The number of hydrogen-bond donors (Lipinski definition) is 1. The number of fused-ring (bicyclic) bond motifs is 1. The van der Waals surface area contributed by atoms with Crippen molar-refractivity contribution in [2.75, 3.05) is 0 Å². The molecule has 1 saturated carbocycles. The number of hydrogen-bond acceptors (Lipinski definition) is 3. The average molecular weight is 395 g/mol. The van der Waals surface area contributed by atoms with Gasteiger partial charge in [0.2, 0.25) is 0 Å². The minimum atomic E-state index is -0.322. The van der Waals surface area contributed by atoms with Crippen LogP contribution in [0.5, 0.6) is 5.75 Å². The zero-order valence-corrected chi connectivity index (χ0v) is 17.8. The van der Waals surface area contributed by atoms with Crippen LogP contribution in [0, 0.1) is 11.8 Å². The molecule has 2 aliphatic rings. The molecule has 3 heteroatoms. The van der Waals surface area contributed by atoms with Crippen LogP contribution in [-0.2, 0) is 6.42 Å². The molecule has 0 aliphatic heterocycles. The van der Waals surface area contributed by atoms with Crippen molar-refractivity contribution in [3.63, 3.8) is 0 Å². The molecule has 2 unspecified atom stereocenters. The zero-order valence-electron chi connectivity index (χ0n) is 17.8. The highest BCUT2D eigenvalue weighted by atomic mass is 16.4. The lowest BCUT2D eigenvalue weighted by Crippen LogP contribution is -2.20. The van der Waals surface area contributed by atoms with E-state index in [1.165, 1.54) is 12.8 Å². The molecule has 1 fully saturated rings. The van der Waals surface area contributed by atoms with Crippen molar-refractivity contribution < 1.29 is 9.52 Å². The van der Waals surface area contributed by atoms with Gasteiger partial charge in [0.1, 0.15) is 11.5 Å². The van der Waals surface area contributed by atoms with Crippen LogP contribution in [-0.4, -0.2) is 5.11 Å². The Bertz CT molecular complexity index is 877. The summed E-state index contributed by atoms with van der Waals surface area (Å²) in [6, 6.07) is 10.2. The van der Waals surface area contributed by atoms with Gasteiger partial charge in [0.15, 0.2) is 0 Å². The first-order valence-electron chi connectivity index (χ1n) is 11.5. The predicted molar refractivity (Wildman–Crippen MR) is 117 cm³/mol. The average Bonchev–Trinajstić information content (AvgIpc) is 3.52. The predicted octanol–water partition coefficient (Wildman–Crippen LogP) is 6.52. The monoisotopic (exact) mass is 394 g/mol. The molecule has 1 N–H and O–H groups in total. The van der Waals surface area contributed by atoms with Crippen LogP contribution in [0.4, 0.5) is 0 Å². The van der Waals surface area contributed by atoms with Crippen molar-refractivity contribution in [1.82, 2.24) is 0 Å². The van der Waals surface area contributed by atoms with E-state index in [2.05, 4.69) is 26.0 Å². The summed E-state index contributed by atoms with van der Waals surface area (Å²) in [4.78, 5) is 13.2. The summed E-state index contributed by atoms with van der Waals surface area (Å²) in [6.45, 7) is 4.47. The first kappa shape index (κ1) is 20.3. The maximum atomic E-state index is 13.2. The van der Waals surface area contributed by atoms with Crippen molar-refractivity contribution >= 4 is 0 Å². The van der Waals surface area contributed by atoms with Gasteiger partial charge in [-0.2, -0.15) is 0 Å². The van der Waals surface area contributed by atoms with Crippen molar-refractivity contribution in [2.24, 2.45) is 11.8 Å². The van der Waals surface area contributed by atoms with E-state index in [1.807, 2.05) is 18.2 Å². The lowest BCUT2D eigenvalue weighted by molar-refractivity contribution is 0.336. The van der Waals surface area contributed by atoms with E-state index in [9.17, 15) is 9.90 Å². The second-order valence-corrected chi connectivity index (χ2v) is 9.49. The minimum Gasteiger partial charge on any atom is -0.507 e. The van der Waals surface area contributed by atoms with E-state index < -0.39 is 0 Å². The molecule has 3 nitrogen and oxygen atoms in total. The zero-order chi connectivity index (χ0) is 20.4. The molecule has 156 valence electrons. The standard InChI is InChI=1S/C26H34O3/c1-17(2)13-14-20-11-7-4-8-12-21-24(27)23(26(28)29-25(20)21)22(19-15-16-19)18-9-5-3-6-10-18/h3,5-6,9-10,17,19-20,22,27H,4,7-8,11-16H2,1-2H3. The van der Waals surface area contributed by atoms with E-state index >= 15 is 0 Å². The van der Waals surface area contributed by atoms with Crippen LogP contribution >= 0.6 is 0 Å². The van der Waals surface area contributed by atoms with Gasteiger partial charge in [-0.3, -0.25) is 0 Å². The van der Waals surface area contributed by atoms with Crippen molar-refractivity contribution in [3.05, 3.63) is 63.2 Å². The quantitative estimate of drug-likeness (QED) is 0.606.